The fourth-order valence-electron chi connectivity index (χ4n) is 4.60. The number of likely N-dealkylation sites (N-methyl/N-ethyl adjacent to an activating group) is 1. The molecular weight excluding hydrogens is 491 g/mol. The van der Waals surface area contributed by atoms with E-state index >= 15 is 0 Å². The Bertz CT molecular complexity index is 1300. The Balaban J connectivity index is 1.79. The second-order valence-electron chi connectivity index (χ2n) is 9.26. The van der Waals surface area contributed by atoms with E-state index in [9.17, 15) is 27.6 Å². The average Bonchev–Trinajstić information content (AvgIpc) is 3.31. The van der Waals surface area contributed by atoms with Crippen molar-refractivity contribution in [1.29, 1.82) is 0 Å². The zero-order valence-corrected chi connectivity index (χ0v) is 20.5. The maximum Gasteiger partial charge on any atom is 0.416 e. The fourth-order valence-corrected chi connectivity index (χ4v) is 4.60. The molecule has 0 spiro atoms. The van der Waals surface area contributed by atoms with Crippen LogP contribution in [-0.2, 0) is 27.0 Å². The van der Waals surface area contributed by atoms with Crippen molar-refractivity contribution in [1.82, 2.24) is 4.90 Å². The third kappa shape index (κ3) is 4.73. The molecule has 1 atom stereocenters. The number of benzene rings is 2. The van der Waals surface area contributed by atoms with Crippen molar-refractivity contribution in [2.24, 2.45) is 11.1 Å². The highest BCUT2D eigenvalue weighted by atomic mass is 19.4. The van der Waals surface area contributed by atoms with E-state index in [0.717, 1.165) is 22.6 Å². The molecule has 0 aromatic heterocycles. The summed E-state index contributed by atoms with van der Waals surface area (Å²) in [7, 11) is 3.01. The van der Waals surface area contributed by atoms with E-state index in [2.05, 4.69) is 0 Å². The van der Waals surface area contributed by atoms with Crippen LogP contribution < -0.4 is 20.1 Å². The van der Waals surface area contributed by atoms with Crippen LogP contribution in [0.1, 0.15) is 30.9 Å². The Morgan fingerprint density at radius 3 is 2.46 bits per heavy atom. The van der Waals surface area contributed by atoms with Gasteiger partial charge in [-0.1, -0.05) is 12.1 Å². The molecule has 0 saturated heterocycles. The van der Waals surface area contributed by atoms with Gasteiger partial charge in [-0.2, -0.15) is 13.2 Å². The highest BCUT2D eigenvalue weighted by Gasteiger charge is 2.52. The number of halogens is 3. The number of anilines is 1. The van der Waals surface area contributed by atoms with E-state index < -0.39 is 34.9 Å². The summed E-state index contributed by atoms with van der Waals surface area (Å²) in [5.74, 6) is -1.14. The molecule has 11 heteroatoms. The number of nitrogens with zero attached hydrogens (tertiary/aromatic N) is 2. The lowest BCUT2D eigenvalue weighted by molar-refractivity contribution is -0.142. The Hall–Kier alpha value is -4.02. The summed E-state index contributed by atoms with van der Waals surface area (Å²) in [4.78, 5) is 42.3. The summed E-state index contributed by atoms with van der Waals surface area (Å²) < 4.78 is 51.1. The van der Waals surface area contributed by atoms with Crippen molar-refractivity contribution >= 4 is 23.4 Å². The standard InChI is InChI=1S/C26H26F3N3O5/c1-15-19(22(33)31(2)3)13-25(23(30)34,10-9-16-7-8-20-21(11-16)37-14-36-20)24(35)32(15)18-6-4-5-17(12-18)26(27,28)29/h4-8,11-12H,9-10,13-14H2,1-3H3,(H2,30,34). The van der Waals surface area contributed by atoms with Gasteiger partial charge in [0.05, 0.1) is 5.56 Å². The molecule has 2 aliphatic heterocycles. The second kappa shape index (κ2) is 9.45. The van der Waals surface area contributed by atoms with Gasteiger partial charge in [0.15, 0.2) is 11.5 Å². The molecule has 2 aromatic rings. The Morgan fingerprint density at radius 1 is 1.11 bits per heavy atom. The highest BCUT2D eigenvalue weighted by Crippen LogP contribution is 2.44. The molecule has 0 radical (unpaired) electrons. The molecule has 2 heterocycles. The van der Waals surface area contributed by atoms with Crippen molar-refractivity contribution in [2.45, 2.75) is 32.4 Å². The summed E-state index contributed by atoms with van der Waals surface area (Å²) >= 11 is 0. The predicted molar refractivity (Wildman–Crippen MR) is 127 cm³/mol. The minimum Gasteiger partial charge on any atom is -0.454 e. The number of carbonyl (C=O) groups is 3. The molecule has 2 aromatic carbocycles. The van der Waals surface area contributed by atoms with Gasteiger partial charge in [-0.05, 0) is 55.7 Å². The topological polar surface area (TPSA) is 102 Å². The third-order valence-corrected chi connectivity index (χ3v) is 6.71. The molecule has 0 bridgehead atoms. The van der Waals surface area contributed by atoms with E-state index in [1.54, 1.807) is 18.2 Å². The monoisotopic (exact) mass is 517 g/mol. The van der Waals surface area contributed by atoms with Crippen LogP contribution in [0, 0.1) is 5.41 Å². The van der Waals surface area contributed by atoms with Crippen LogP contribution in [0.2, 0.25) is 0 Å². The van der Waals surface area contributed by atoms with Crippen LogP contribution in [-0.4, -0.2) is 43.5 Å². The number of nitrogens with two attached hydrogens (primary N) is 1. The summed E-state index contributed by atoms with van der Waals surface area (Å²) in [6.45, 7) is 1.55. The number of ether oxygens (including phenoxy) is 2. The number of primary amides is 1. The molecule has 2 N–H and O–H groups in total. The van der Waals surface area contributed by atoms with Gasteiger partial charge in [0.1, 0.15) is 5.41 Å². The maximum atomic E-state index is 13.9. The molecule has 0 aliphatic carbocycles. The molecule has 1 unspecified atom stereocenters. The summed E-state index contributed by atoms with van der Waals surface area (Å²) in [6, 6.07) is 9.37. The summed E-state index contributed by atoms with van der Waals surface area (Å²) in [5.41, 5.74) is 3.85. The predicted octanol–water partition coefficient (Wildman–Crippen LogP) is 3.64. The largest absolute Gasteiger partial charge is 0.454 e. The minimum absolute atomic E-state index is 0.0756. The smallest absolute Gasteiger partial charge is 0.416 e. The molecule has 0 saturated carbocycles. The Kier molecular flexibility index (Phi) is 6.66. The Labute approximate surface area is 211 Å². The van der Waals surface area contributed by atoms with Gasteiger partial charge in [-0.25, -0.2) is 0 Å². The highest BCUT2D eigenvalue weighted by molar-refractivity contribution is 6.16. The van der Waals surface area contributed by atoms with Crippen LogP contribution >= 0.6 is 0 Å². The average molecular weight is 518 g/mol. The Morgan fingerprint density at radius 2 is 1.81 bits per heavy atom. The second-order valence-corrected chi connectivity index (χ2v) is 9.26. The number of fused-ring (bicyclic) bond motifs is 1. The van der Waals surface area contributed by atoms with Crippen molar-refractivity contribution in [3.05, 3.63) is 64.9 Å². The number of alkyl halides is 3. The summed E-state index contributed by atoms with van der Waals surface area (Å²) in [5, 5.41) is 0. The quantitative estimate of drug-likeness (QED) is 0.590. The number of allylic oxidation sites excluding steroid dienone is 1. The SMILES string of the molecule is CC1=C(C(=O)N(C)C)CC(CCc2ccc3c(c2)OCO3)(C(N)=O)C(=O)N1c1cccc(C(F)(F)F)c1. The van der Waals surface area contributed by atoms with Crippen LogP contribution in [0.25, 0.3) is 0 Å². The lowest BCUT2D eigenvalue weighted by atomic mass is 9.71. The van der Waals surface area contributed by atoms with E-state index in [4.69, 9.17) is 15.2 Å². The molecule has 8 nitrogen and oxygen atoms in total. The first-order valence-electron chi connectivity index (χ1n) is 11.5. The molecule has 3 amide bonds. The molecule has 4 rings (SSSR count). The van der Waals surface area contributed by atoms with E-state index in [0.29, 0.717) is 11.5 Å². The van der Waals surface area contributed by atoms with E-state index in [1.165, 1.54) is 38.1 Å². The number of carbonyl (C=O) groups excluding carboxylic acids is 3. The van der Waals surface area contributed by atoms with E-state index in [1.807, 2.05) is 0 Å². The van der Waals surface area contributed by atoms with Gasteiger partial charge in [-0.3, -0.25) is 19.3 Å². The first-order chi connectivity index (χ1) is 17.3. The van der Waals surface area contributed by atoms with Crippen LogP contribution in [0.4, 0.5) is 18.9 Å². The van der Waals surface area contributed by atoms with Gasteiger partial charge >= 0.3 is 6.18 Å². The van der Waals surface area contributed by atoms with Crippen LogP contribution in [0.5, 0.6) is 11.5 Å². The number of hydrogen-bond donors (Lipinski definition) is 1. The van der Waals surface area contributed by atoms with Crippen molar-refractivity contribution in [3.63, 3.8) is 0 Å². The van der Waals surface area contributed by atoms with E-state index in [-0.39, 0.29) is 43.0 Å². The lowest BCUT2D eigenvalue weighted by Crippen LogP contribution is -2.55. The molecule has 0 fully saturated rings. The first-order valence-corrected chi connectivity index (χ1v) is 11.5. The van der Waals surface area contributed by atoms with Crippen molar-refractivity contribution in [3.8, 4) is 11.5 Å². The molecule has 2 aliphatic rings. The summed E-state index contributed by atoms with van der Waals surface area (Å²) in [6.07, 6.45) is -4.79. The zero-order valence-electron chi connectivity index (χ0n) is 20.5. The van der Waals surface area contributed by atoms with Gasteiger partial charge in [0, 0.05) is 37.5 Å². The minimum atomic E-state index is -4.66. The number of aryl methyl sites for hydroxylation is 1. The first kappa shape index (κ1) is 26.1. The van der Waals surface area contributed by atoms with Crippen molar-refractivity contribution in [2.75, 3.05) is 25.8 Å². The van der Waals surface area contributed by atoms with Crippen molar-refractivity contribution < 1.29 is 37.0 Å². The third-order valence-electron chi connectivity index (χ3n) is 6.71. The van der Waals surface area contributed by atoms with Gasteiger partial charge < -0.3 is 20.1 Å². The number of hydrogen-bond acceptors (Lipinski definition) is 5. The van der Waals surface area contributed by atoms with Gasteiger partial charge in [-0.15, -0.1) is 0 Å². The maximum absolute atomic E-state index is 13.9. The van der Waals surface area contributed by atoms with Crippen LogP contribution in [0.3, 0.4) is 0 Å². The zero-order chi connectivity index (χ0) is 27.1. The van der Waals surface area contributed by atoms with Crippen LogP contribution in [0.15, 0.2) is 53.7 Å². The molecule has 196 valence electrons. The number of amides is 3. The molecule has 37 heavy (non-hydrogen) atoms. The fraction of sp³-hybridized carbons (Fsp3) is 0.346. The normalized spacial score (nSPS) is 19.3. The number of rotatable bonds is 6. The van der Waals surface area contributed by atoms with Gasteiger partial charge in [0.25, 0.3) is 5.91 Å². The lowest BCUT2D eigenvalue weighted by Gasteiger charge is -2.41. The van der Waals surface area contributed by atoms with Gasteiger partial charge in [0.2, 0.25) is 18.6 Å². The molecular formula is C26H26F3N3O5.